The smallest absolute Gasteiger partial charge is 0.253 e. The van der Waals surface area contributed by atoms with Crippen LogP contribution in [0.2, 0.25) is 0 Å². The van der Waals surface area contributed by atoms with Crippen molar-refractivity contribution in [1.82, 2.24) is 10.3 Å². The van der Waals surface area contributed by atoms with Crippen LogP contribution in [0.25, 0.3) is 11.1 Å². The van der Waals surface area contributed by atoms with Crippen LogP contribution in [-0.4, -0.2) is 24.0 Å². The number of benzene rings is 1. The molecule has 1 aromatic carbocycles. The predicted molar refractivity (Wildman–Crippen MR) is 76.7 cm³/mol. The molecular formula is C15H18FN3O. The van der Waals surface area contributed by atoms with Crippen molar-refractivity contribution in [2.45, 2.75) is 6.92 Å². The Hall–Kier alpha value is -2.14. The standard InChI is InChI=1S/C15H18FN3O/c1-10(6-17)7-19-15(20)14-9-18-8-13(14)11-2-4-12(16)5-3-11/h2-5,8-10,18H,6-7,17H2,1H3,(H,19,20). The molecular weight excluding hydrogens is 257 g/mol. The van der Waals surface area contributed by atoms with Crippen molar-refractivity contribution in [3.8, 4) is 11.1 Å². The molecule has 0 spiro atoms. The van der Waals surface area contributed by atoms with Gasteiger partial charge in [-0.1, -0.05) is 19.1 Å². The Bertz CT molecular complexity index is 577. The van der Waals surface area contributed by atoms with E-state index in [2.05, 4.69) is 10.3 Å². The van der Waals surface area contributed by atoms with Crippen molar-refractivity contribution in [3.05, 3.63) is 48.0 Å². The zero-order valence-corrected chi connectivity index (χ0v) is 11.3. The average molecular weight is 275 g/mol. The number of nitrogens with one attached hydrogen (secondary N) is 2. The van der Waals surface area contributed by atoms with Gasteiger partial charge in [0, 0.05) is 24.5 Å². The highest BCUT2D eigenvalue weighted by Crippen LogP contribution is 2.23. The van der Waals surface area contributed by atoms with Crippen molar-refractivity contribution in [2.24, 2.45) is 11.7 Å². The zero-order valence-electron chi connectivity index (χ0n) is 11.3. The average Bonchev–Trinajstić information content (AvgIpc) is 2.94. The fraction of sp³-hybridized carbons (Fsp3) is 0.267. The van der Waals surface area contributed by atoms with Crippen LogP contribution in [0.5, 0.6) is 0 Å². The summed E-state index contributed by atoms with van der Waals surface area (Å²) in [7, 11) is 0. The number of amides is 1. The third-order valence-corrected chi connectivity index (χ3v) is 3.16. The van der Waals surface area contributed by atoms with Gasteiger partial charge in [-0.2, -0.15) is 0 Å². The van der Waals surface area contributed by atoms with E-state index in [9.17, 15) is 9.18 Å². The molecule has 0 radical (unpaired) electrons. The van der Waals surface area contributed by atoms with Crippen LogP contribution < -0.4 is 11.1 Å². The van der Waals surface area contributed by atoms with E-state index in [1.807, 2.05) is 6.92 Å². The minimum atomic E-state index is -0.299. The van der Waals surface area contributed by atoms with Gasteiger partial charge in [0.25, 0.3) is 5.91 Å². The van der Waals surface area contributed by atoms with Gasteiger partial charge in [-0.3, -0.25) is 4.79 Å². The van der Waals surface area contributed by atoms with Crippen molar-refractivity contribution in [3.63, 3.8) is 0 Å². The molecule has 2 aromatic rings. The molecule has 0 bridgehead atoms. The lowest BCUT2D eigenvalue weighted by atomic mass is 10.0. The van der Waals surface area contributed by atoms with Gasteiger partial charge in [0.05, 0.1) is 5.56 Å². The van der Waals surface area contributed by atoms with Crippen molar-refractivity contribution in [2.75, 3.05) is 13.1 Å². The normalized spacial score (nSPS) is 12.2. The molecule has 1 heterocycles. The van der Waals surface area contributed by atoms with E-state index >= 15 is 0 Å². The first-order valence-corrected chi connectivity index (χ1v) is 6.52. The molecule has 0 aliphatic carbocycles. The predicted octanol–water partition coefficient (Wildman–Crippen LogP) is 2.15. The fourth-order valence-corrected chi connectivity index (χ4v) is 1.87. The molecule has 0 aliphatic rings. The Morgan fingerprint density at radius 1 is 1.35 bits per heavy atom. The maximum Gasteiger partial charge on any atom is 0.253 e. The highest BCUT2D eigenvalue weighted by atomic mass is 19.1. The van der Waals surface area contributed by atoms with Gasteiger partial charge >= 0.3 is 0 Å². The summed E-state index contributed by atoms with van der Waals surface area (Å²) in [6.45, 7) is 3.03. The summed E-state index contributed by atoms with van der Waals surface area (Å²) in [5.74, 6) is -0.231. The number of aromatic nitrogens is 1. The monoisotopic (exact) mass is 275 g/mol. The van der Waals surface area contributed by atoms with E-state index < -0.39 is 0 Å². The maximum absolute atomic E-state index is 12.9. The Balaban J connectivity index is 2.16. The first-order chi connectivity index (χ1) is 9.61. The molecule has 2 rings (SSSR count). The molecule has 0 saturated carbocycles. The molecule has 4 N–H and O–H groups in total. The number of halogens is 1. The second-order valence-corrected chi connectivity index (χ2v) is 4.84. The summed E-state index contributed by atoms with van der Waals surface area (Å²) in [5.41, 5.74) is 7.61. The Labute approximate surface area is 117 Å². The molecule has 1 atom stereocenters. The highest BCUT2D eigenvalue weighted by Gasteiger charge is 2.14. The molecule has 20 heavy (non-hydrogen) atoms. The summed E-state index contributed by atoms with van der Waals surface area (Å²) >= 11 is 0. The molecule has 0 fully saturated rings. The fourth-order valence-electron chi connectivity index (χ4n) is 1.87. The highest BCUT2D eigenvalue weighted by molar-refractivity contribution is 6.00. The van der Waals surface area contributed by atoms with Gasteiger partial charge in [0.2, 0.25) is 0 Å². The Morgan fingerprint density at radius 3 is 2.70 bits per heavy atom. The number of carbonyl (C=O) groups excluding carboxylic acids is 1. The third kappa shape index (κ3) is 3.24. The molecule has 106 valence electrons. The molecule has 5 heteroatoms. The van der Waals surface area contributed by atoms with Crippen molar-refractivity contribution >= 4 is 5.91 Å². The summed E-state index contributed by atoms with van der Waals surface area (Å²) in [6, 6.07) is 6.05. The van der Waals surface area contributed by atoms with E-state index in [4.69, 9.17) is 5.73 Å². The van der Waals surface area contributed by atoms with Crippen LogP contribution >= 0.6 is 0 Å². The second-order valence-electron chi connectivity index (χ2n) is 4.84. The Morgan fingerprint density at radius 2 is 2.05 bits per heavy atom. The SMILES string of the molecule is CC(CN)CNC(=O)c1c[nH]cc1-c1ccc(F)cc1. The van der Waals surface area contributed by atoms with Gasteiger partial charge in [0.15, 0.2) is 0 Å². The lowest BCUT2D eigenvalue weighted by molar-refractivity contribution is 0.0949. The quantitative estimate of drug-likeness (QED) is 0.782. The molecule has 1 amide bonds. The maximum atomic E-state index is 12.9. The summed E-state index contributed by atoms with van der Waals surface area (Å²) in [5, 5.41) is 2.84. The van der Waals surface area contributed by atoms with Gasteiger partial charge in [-0.05, 0) is 30.2 Å². The molecule has 0 aliphatic heterocycles. The molecule has 4 nitrogen and oxygen atoms in total. The van der Waals surface area contributed by atoms with E-state index in [0.717, 1.165) is 11.1 Å². The number of hydrogen-bond donors (Lipinski definition) is 3. The lowest BCUT2D eigenvalue weighted by Crippen LogP contribution is -2.31. The third-order valence-electron chi connectivity index (χ3n) is 3.16. The molecule has 1 unspecified atom stereocenters. The van der Waals surface area contributed by atoms with Crippen LogP contribution in [0.4, 0.5) is 4.39 Å². The summed E-state index contributed by atoms with van der Waals surface area (Å²) in [4.78, 5) is 15.1. The van der Waals surface area contributed by atoms with Crippen LogP contribution in [0.1, 0.15) is 17.3 Å². The number of H-pyrrole nitrogens is 1. The first-order valence-electron chi connectivity index (χ1n) is 6.52. The van der Waals surface area contributed by atoms with E-state index in [1.165, 1.54) is 12.1 Å². The van der Waals surface area contributed by atoms with Crippen LogP contribution in [-0.2, 0) is 0 Å². The number of hydrogen-bond acceptors (Lipinski definition) is 2. The van der Waals surface area contributed by atoms with Gasteiger partial charge in [-0.25, -0.2) is 4.39 Å². The van der Waals surface area contributed by atoms with E-state index in [1.54, 1.807) is 24.5 Å². The topological polar surface area (TPSA) is 70.9 Å². The van der Waals surface area contributed by atoms with E-state index in [-0.39, 0.29) is 17.6 Å². The van der Waals surface area contributed by atoms with Gasteiger partial charge in [-0.15, -0.1) is 0 Å². The molecule has 1 aromatic heterocycles. The zero-order chi connectivity index (χ0) is 14.5. The van der Waals surface area contributed by atoms with Crippen LogP contribution in [0, 0.1) is 11.7 Å². The van der Waals surface area contributed by atoms with E-state index in [0.29, 0.717) is 18.7 Å². The second kappa shape index (κ2) is 6.34. The minimum Gasteiger partial charge on any atom is -0.366 e. The largest absolute Gasteiger partial charge is 0.366 e. The molecule has 0 saturated heterocycles. The number of rotatable bonds is 5. The van der Waals surface area contributed by atoms with Gasteiger partial charge in [0.1, 0.15) is 5.82 Å². The first kappa shape index (κ1) is 14.3. The minimum absolute atomic E-state index is 0.161. The van der Waals surface area contributed by atoms with Crippen molar-refractivity contribution in [1.29, 1.82) is 0 Å². The summed E-state index contributed by atoms with van der Waals surface area (Å²) < 4.78 is 12.9. The number of nitrogens with two attached hydrogens (primary N) is 1. The van der Waals surface area contributed by atoms with Crippen molar-refractivity contribution < 1.29 is 9.18 Å². The summed E-state index contributed by atoms with van der Waals surface area (Å²) in [6.07, 6.45) is 3.37. The van der Waals surface area contributed by atoms with Gasteiger partial charge < -0.3 is 16.0 Å². The Kier molecular flexibility index (Phi) is 4.53. The number of aromatic amines is 1. The van der Waals surface area contributed by atoms with Crippen LogP contribution in [0.3, 0.4) is 0 Å². The van der Waals surface area contributed by atoms with Crippen LogP contribution in [0.15, 0.2) is 36.7 Å². The lowest BCUT2D eigenvalue weighted by Gasteiger charge is -2.10. The number of carbonyl (C=O) groups is 1.